The van der Waals surface area contributed by atoms with Crippen molar-refractivity contribution < 1.29 is 13.9 Å². The second-order valence-electron chi connectivity index (χ2n) is 2.75. The van der Waals surface area contributed by atoms with E-state index >= 15 is 0 Å². The van der Waals surface area contributed by atoms with E-state index in [1.165, 1.54) is 19.2 Å². The summed E-state index contributed by atoms with van der Waals surface area (Å²) in [5.41, 5.74) is 0.703. The zero-order valence-corrected chi connectivity index (χ0v) is 7.92. The molecule has 0 bridgehead atoms. The number of nitrogens with one attached hydrogen (secondary N) is 1. The highest BCUT2D eigenvalue weighted by Crippen LogP contribution is 2.18. The van der Waals surface area contributed by atoms with Gasteiger partial charge in [-0.25, -0.2) is 4.39 Å². The monoisotopic (exact) mass is 197 g/mol. The lowest BCUT2D eigenvalue weighted by molar-refractivity contribution is -0.107. The first-order chi connectivity index (χ1) is 6.77. The largest absolute Gasteiger partial charge is 0.496 e. The molecule has 1 aromatic carbocycles. The van der Waals surface area contributed by atoms with Crippen molar-refractivity contribution in [2.45, 2.75) is 6.54 Å². The van der Waals surface area contributed by atoms with Gasteiger partial charge in [-0.15, -0.1) is 0 Å². The molecule has 0 spiro atoms. The lowest BCUT2D eigenvalue weighted by Gasteiger charge is -2.08. The average Bonchev–Trinajstić information content (AvgIpc) is 2.19. The molecule has 14 heavy (non-hydrogen) atoms. The fourth-order valence-corrected chi connectivity index (χ4v) is 1.15. The van der Waals surface area contributed by atoms with Crippen molar-refractivity contribution in [2.75, 3.05) is 13.7 Å². The Morgan fingerprint density at radius 3 is 3.00 bits per heavy atom. The van der Waals surface area contributed by atoms with E-state index in [0.29, 0.717) is 17.9 Å². The van der Waals surface area contributed by atoms with Crippen molar-refractivity contribution in [1.29, 1.82) is 0 Å². The summed E-state index contributed by atoms with van der Waals surface area (Å²) in [6.07, 6.45) is 0.756. The van der Waals surface area contributed by atoms with Gasteiger partial charge in [0.25, 0.3) is 0 Å². The Kier molecular flexibility index (Phi) is 4.07. The van der Waals surface area contributed by atoms with E-state index in [1.54, 1.807) is 6.07 Å². The third kappa shape index (κ3) is 2.81. The molecule has 0 fully saturated rings. The van der Waals surface area contributed by atoms with Gasteiger partial charge in [0.05, 0.1) is 13.7 Å². The standard InChI is InChI=1S/C10H12FNO2/c1-14-10-3-2-9(11)6-8(10)7-12-4-5-13/h2-3,5-6,12H,4,7H2,1H3. The maximum atomic E-state index is 12.8. The molecule has 0 unspecified atom stereocenters. The van der Waals surface area contributed by atoms with Gasteiger partial charge in [-0.1, -0.05) is 0 Å². The highest BCUT2D eigenvalue weighted by molar-refractivity contribution is 5.51. The molecule has 0 saturated carbocycles. The van der Waals surface area contributed by atoms with Crippen LogP contribution >= 0.6 is 0 Å². The van der Waals surface area contributed by atoms with E-state index in [2.05, 4.69) is 5.32 Å². The predicted octanol–water partition coefficient (Wildman–Crippen LogP) is 1.12. The zero-order valence-electron chi connectivity index (χ0n) is 7.92. The molecule has 0 aliphatic heterocycles. The highest BCUT2D eigenvalue weighted by Gasteiger charge is 2.03. The molecule has 4 heteroatoms. The summed E-state index contributed by atoms with van der Waals surface area (Å²) in [6.45, 7) is 0.666. The molecular formula is C10H12FNO2. The molecule has 1 N–H and O–H groups in total. The number of benzene rings is 1. The van der Waals surface area contributed by atoms with Gasteiger partial charge in [-0.2, -0.15) is 0 Å². The molecule has 1 rings (SSSR count). The molecule has 1 aromatic rings. The summed E-state index contributed by atoms with van der Waals surface area (Å²) in [7, 11) is 1.52. The van der Waals surface area contributed by atoms with Gasteiger partial charge in [0.15, 0.2) is 0 Å². The molecule has 0 saturated heterocycles. The van der Waals surface area contributed by atoms with Crippen LogP contribution < -0.4 is 10.1 Å². The Morgan fingerprint density at radius 1 is 1.57 bits per heavy atom. The quantitative estimate of drug-likeness (QED) is 0.568. The van der Waals surface area contributed by atoms with E-state index in [1.807, 2.05) is 0 Å². The van der Waals surface area contributed by atoms with E-state index in [4.69, 9.17) is 4.74 Å². The van der Waals surface area contributed by atoms with Crippen LogP contribution in [-0.4, -0.2) is 19.9 Å². The number of carbonyl (C=O) groups excluding carboxylic acids is 1. The molecule has 0 heterocycles. The minimum atomic E-state index is -0.311. The fraction of sp³-hybridized carbons (Fsp3) is 0.300. The second kappa shape index (κ2) is 5.34. The fourth-order valence-electron chi connectivity index (χ4n) is 1.15. The van der Waals surface area contributed by atoms with Crippen LogP contribution in [0.4, 0.5) is 4.39 Å². The molecule has 0 aliphatic rings. The van der Waals surface area contributed by atoms with Crippen LogP contribution in [-0.2, 0) is 11.3 Å². The van der Waals surface area contributed by atoms with Gasteiger partial charge in [0.2, 0.25) is 0 Å². The first-order valence-corrected chi connectivity index (χ1v) is 4.24. The first kappa shape index (κ1) is 10.7. The van der Waals surface area contributed by atoms with Gasteiger partial charge in [-0.3, -0.25) is 0 Å². The van der Waals surface area contributed by atoms with Crippen molar-refractivity contribution in [3.8, 4) is 5.75 Å². The topological polar surface area (TPSA) is 38.3 Å². The molecule has 0 radical (unpaired) electrons. The Labute approximate surface area is 81.9 Å². The van der Waals surface area contributed by atoms with E-state index in [0.717, 1.165) is 6.29 Å². The molecule has 0 amide bonds. The summed E-state index contributed by atoms with van der Waals surface area (Å²) in [6, 6.07) is 4.28. The van der Waals surface area contributed by atoms with Gasteiger partial charge >= 0.3 is 0 Å². The summed E-state index contributed by atoms with van der Waals surface area (Å²) in [5, 5.41) is 2.84. The van der Waals surface area contributed by atoms with Gasteiger partial charge in [0.1, 0.15) is 17.9 Å². The van der Waals surface area contributed by atoms with Crippen LogP contribution in [0.1, 0.15) is 5.56 Å². The summed E-state index contributed by atoms with van der Waals surface area (Å²) < 4.78 is 17.9. The summed E-state index contributed by atoms with van der Waals surface area (Å²) in [5.74, 6) is 0.304. The van der Waals surface area contributed by atoms with Crippen LogP contribution in [0, 0.1) is 5.82 Å². The summed E-state index contributed by atoms with van der Waals surface area (Å²) >= 11 is 0. The van der Waals surface area contributed by atoms with Gasteiger partial charge in [-0.05, 0) is 18.2 Å². The van der Waals surface area contributed by atoms with Crippen LogP contribution in [0.15, 0.2) is 18.2 Å². The molecule has 3 nitrogen and oxygen atoms in total. The molecule has 76 valence electrons. The molecular weight excluding hydrogens is 185 g/mol. The van der Waals surface area contributed by atoms with Crippen molar-refractivity contribution in [3.05, 3.63) is 29.6 Å². The Balaban J connectivity index is 2.71. The predicted molar refractivity (Wildman–Crippen MR) is 50.7 cm³/mol. The number of hydrogen-bond donors (Lipinski definition) is 1. The minimum absolute atomic E-state index is 0.250. The van der Waals surface area contributed by atoms with E-state index in [-0.39, 0.29) is 12.4 Å². The van der Waals surface area contributed by atoms with Crippen LogP contribution in [0.2, 0.25) is 0 Å². The lowest BCUT2D eigenvalue weighted by atomic mass is 10.2. The maximum Gasteiger partial charge on any atom is 0.133 e. The highest BCUT2D eigenvalue weighted by atomic mass is 19.1. The number of carbonyl (C=O) groups is 1. The van der Waals surface area contributed by atoms with Gasteiger partial charge < -0.3 is 14.8 Å². The minimum Gasteiger partial charge on any atom is -0.496 e. The normalized spacial score (nSPS) is 9.86. The number of halogens is 1. The third-order valence-corrected chi connectivity index (χ3v) is 1.79. The Bertz CT molecular complexity index is 315. The molecule has 0 aromatic heterocycles. The summed E-state index contributed by atoms with van der Waals surface area (Å²) in [4.78, 5) is 10.0. The zero-order chi connectivity index (χ0) is 10.4. The number of aldehydes is 1. The lowest BCUT2D eigenvalue weighted by Crippen LogP contribution is -2.16. The van der Waals surface area contributed by atoms with E-state index < -0.39 is 0 Å². The molecule has 0 atom stereocenters. The number of hydrogen-bond acceptors (Lipinski definition) is 3. The van der Waals surface area contributed by atoms with Crippen molar-refractivity contribution in [2.24, 2.45) is 0 Å². The Hall–Kier alpha value is -1.42. The van der Waals surface area contributed by atoms with E-state index in [9.17, 15) is 9.18 Å². The van der Waals surface area contributed by atoms with Crippen molar-refractivity contribution in [1.82, 2.24) is 5.32 Å². The first-order valence-electron chi connectivity index (χ1n) is 4.24. The number of rotatable bonds is 5. The SMILES string of the molecule is COc1ccc(F)cc1CNCC=O. The van der Waals surface area contributed by atoms with Crippen molar-refractivity contribution >= 4 is 6.29 Å². The van der Waals surface area contributed by atoms with Gasteiger partial charge in [0, 0.05) is 12.1 Å². The van der Waals surface area contributed by atoms with Crippen molar-refractivity contribution in [3.63, 3.8) is 0 Å². The Morgan fingerprint density at radius 2 is 2.36 bits per heavy atom. The van der Waals surface area contributed by atoms with Crippen LogP contribution in [0.5, 0.6) is 5.75 Å². The maximum absolute atomic E-state index is 12.8. The smallest absolute Gasteiger partial charge is 0.133 e. The average molecular weight is 197 g/mol. The molecule has 0 aliphatic carbocycles. The number of methoxy groups -OCH3 is 1. The third-order valence-electron chi connectivity index (χ3n) is 1.79. The second-order valence-corrected chi connectivity index (χ2v) is 2.75. The van der Waals surface area contributed by atoms with Crippen LogP contribution in [0.25, 0.3) is 0 Å². The van der Waals surface area contributed by atoms with Crippen LogP contribution in [0.3, 0.4) is 0 Å². The number of ether oxygens (including phenoxy) is 1.